The monoisotopic (exact) mass is 433 g/mol. The summed E-state index contributed by atoms with van der Waals surface area (Å²) in [6.45, 7) is 0. The Bertz CT molecular complexity index is 1150. The summed E-state index contributed by atoms with van der Waals surface area (Å²) in [6, 6.07) is 12.0. The predicted octanol–water partition coefficient (Wildman–Crippen LogP) is 5.43. The molecular formula is C16H8BrN3O3S2. The third-order valence-electron chi connectivity index (χ3n) is 3.52. The number of halogens is 1. The fourth-order valence-corrected chi connectivity index (χ4v) is 4.80. The largest absolute Gasteiger partial charge is 0.297 e. The van der Waals surface area contributed by atoms with Crippen LogP contribution in [0.2, 0.25) is 0 Å². The van der Waals surface area contributed by atoms with Crippen LogP contribution in [0.15, 0.2) is 46.9 Å². The maximum absolute atomic E-state index is 12.5. The number of hydrogen-bond acceptors (Lipinski definition) is 6. The van der Waals surface area contributed by atoms with Gasteiger partial charge >= 0.3 is 0 Å². The van der Waals surface area contributed by atoms with E-state index in [0.29, 0.717) is 15.4 Å². The Balaban J connectivity index is 1.64. The van der Waals surface area contributed by atoms with Crippen molar-refractivity contribution in [3.63, 3.8) is 0 Å². The Hall–Kier alpha value is -2.36. The lowest BCUT2D eigenvalue weighted by Crippen LogP contribution is -2.09. The number of rotatable bonds is 3. The van der Waals surface area contributed by atoms with Crippen LogP contribution in [0.5, 0.6) is 0 Å². The molecule has 0 aliphatic rings. The van der Waals surface area contributed by atoms with Crippen LogP contribution in [0.4, 0.5) is 10.8 Å². The molecule has 0 saturated heterocycles. The number of nitro groups is 1. The quantitative estimate of drug-likeness (QED) is 0.344. The average Bonchev–Trinajstić information content (AvgIpc) is 3.18. The highest BCUT2D eigenvalue weighted by molar-refractivity contribution is 9.10. The standard InChI is InChI=1S/C16H8BrN3O3S2/c17-10-2-1-3-12-14(10)18-16(25-12)19-15(21)13-7-8-6-9(20(22)23)4-5-11(8)24-13/h1-7H,(H,18,19,21). The number of hydrogen-bond donors (Lipinski definition) is 1. The third-order valence-corrected chi connectivity index (χ3v) is 6.22. The predicted molar refractivity (Wildman–Crippen MR) is 104 cm³/mol. The molecular weight excluding hydrogens is 426 g/mol. The van der Waals surface area contributed by atoms with E-state index in [2.05, 4.69) is 26.2 Å². The van der Waals surface area contributed by atoms with E-state index in [1.54, 1.807) is 12.1 Å². The molecule has 0 aliphatic carbocycles. The molecule has 0 fully saturated rings. The molecule has 4 rings (SSSR count). The number of thiazole rings is 1. The molecule has 2 heterocycles. The van der Waals surface area contributed by atoms with Crippen molar-refractivity contribution in [3.8, 4) is 0 Å². The molecule has 0 saturated carbocycles. The first-order valence-corrected chi connectivity index (χ1v) is 9.48. The molecule has 0 unspecified atom stereocenters. The van der Waals surface area contributed by atoms with Gasteiger partial charge in [-0.15, -0.1) is 11.3 Å². The number of anilines is 1. The van der Waals surface area contributed by atoms with E-state index in [1.165, 1.54) is 34.8 Å². The summed E-state index contributed by atoms with van der Waals surface area (Å²) in [5.41, 5.74) is 0.808. The van der Waals surface area contributed by atoms with Gasteiger partial charge in [0.15, 0.2) is 5.13 Å². The van der Waals surface area contributed by atoms with Crippen molar-refractivity contribution in [2.45, 2.75) is 0 Å². The molecule has 2 aromatic heterocycles. The Morgan fingerprint density at radius 3 is 2.76 bits per heavy atom. The lowest BCUT2D eigenvalue weighted by Gasteiger charge is -1.97. The number of para-hydroxylation sites is 1. The fraction of sp³-hybridized carbons (Fsp3) is 0. The molecule has 124 valence electrons. The van der Waals surface area contributed by atoms with Gasteiger partial charge in [0.1, 0.15) is 0 Å². The van der Waals surface area contributed by atoms with Gasteiger partial charge in [0, 0.05) is 26.7 Å². The van der Waals surface area contributed by atoms with Crippen molar-refractivity contribution < 1.29 is 9.72 Å². The van der Waals surface area contributed by atoms with Crippen molar-refractivity contribution in [1.29, 1.82) is 0 Å². The van der Waals surface area contributed by atoms with Gasteiger partial charge in [0.05, 0.1) is 20.0 Å². The maximum atomic E-state index is 12.5. The molecule has 0 bridgehead atoms. The number of amides is 1. The summed E-state index contributed by atoms with van der Waals surface area (Å²) in [7, 11) is 0. The zero-order chi connectivity index (χ0) is 17.6. The molecule has 0 spiro atoms. The van der Waals surface area contributed by atoms with Crippen molar-refractivity contribution in [1.82, 2.24) is 4.98 Å². The number of non-ortho nitro benzene ring substituents is 1. The topological polar surface area (TPSA) is 85.1 Å². The molecule has 0 aliphatic heterocycles. The second kappa shape index (κ2) is 6.17. The number of thiophene rings is 1. The van der Waals surface area contributed by atoms with Crippen molar-refractivity contribution in [3.05, 3.63) is 61.9 Å². The van der Waals surface area contributed by atoms with E-state index in [4.69, 9.17) is 0 Å². The van der Waals surface area contributed by atoms with Crippen molar-refractivity contribution in [2.24, 2.45) is 0 Å². The minimum atomic E-state index is -0.449. The van der Waals surface area contributed by atoms with Crippen LogP contribution in [0.1, 0.15) is 9.67 Å². The molecule has 1 amide bonds. The summed E-state index contributed by atoms with van der Waals surface area (Å²) >= 11 is 6.12. The molecule has 1 N–H and O–H groups in total. The minimum Gasteiger partial charge on any atom is -0.297 e. The fourth-order valence-electron chi connectivity index (χ4n) is 2.38. The number of benzene rings is 2. The van der Waals surface area contributed by atoms with E-state index in [1.807, 2.05) is 18.2 Å². The zero-order valence-electron chi connectivity index (χ0n) is 12.4. The average molecular weight is 434 g/mol. The first-order valence-electron chi connectivity index (χ1n) is 7.05. The van der Waals surface area contributed by atoms with Crippen LogP contribution in [0.3, 0.4) is 0 Å². The van der Waals surface area contributed by atoms with Gasteiger partial charge in [0.25, 0.3) is 11.6 Å². The molecule has 6 nitrogen and oxygen atoms in total. The number of aromatic nitrogens is 1. The van der Waals surface area contributed by atoms with Gasteiger partial charge < -0.3 is 0 Å². The van der Waals surface area contributed by atoms with Gasteiger partial charge in [-0.25, -0.2) is 4.98 Å². The van der Waals surface area contributed by atoms with Crippen LogP contribution in [-0.4, -0.2) is 15.8 Å². The number of carbonyl (C=O) groups is 1. The van der Waals surface area contributed by atoms with Gasteiger partial charge in [-0.3, -0.25) is 20.2 Å². The molecule has 0 atom stereocenters. The number of carbonyl (C=O) groups excluding carboxylic acids is 1. The highest BCUT2D eigenvalue weighted by atomic mass is 79.9. The van der Waals surface area contributed by atoms with E-state index < -0.39 is 4.92 Å². The number of nitrogens with one attached hydrogen (secondary N) is 1. The number of nitro benzene ring substituents is 1. The van der Waals surface area contributed by atoms with E-state index in [9.17, 15) is 14.9 Å². The zero-order valence-corrected chi connectivity index (χ0v) is 15.6. The summed E-state index contributed by atoms with van der Waals surface area (Å²) in [5.74, 6) is -0.279. The minimum absolute atomic E-state index is 0.00767. The van der Waals surface area contributed by atoms with Crippen LogP contribution < -0.4 is 5.32 Å². The Kier molecular flexibility index (Phi) is 3.98. The Morgan fingerprint density at radius 1 is 1.16 bits per heavy atom. The summed E-state index contributed by atoms with van der Waals surface area (Å²) in [6.07, 6.45) is 0. The smallest absolute Gasteiger partial charge is 0.270 e. The van der Waals surface area contributed by atoms with Crippen molar-refractivity contribution >= 4 is 75.6 Å². The van der Waals surface area contributed by atoms with Gasteiger partial charge in [-0.2, -0.15) is 0 Å². The summed E-state index contributed by atoms with van der Waals surface area (Å²) in [5, 5.41) is 14.8. The van der Waals surface area contributed by atoms with Crippen LogP contribution in [0, 0.1) is 10.1 Å². The maximum Gasteiger partial charge on any atom is 0.270 e. The normalized spacial score (nSPS) is 11.1. The van der Waals surface area contributed by atoms with Crippen LogP contribution in [-0.2, 0) is 0 Å². The van der Waals surface area contributed by atoms with Gasteiger partial charge in [-0.05, 0) is 40.2 Å². The lowest BCUT2D eigenvalue weighted by atomic mass is 10.2. The van der Waals surface area contributed by atoms with E-state index in [-0.39, 0.29) is 11.6 Å². The van der Waals surface area contributed by atoms with Gasteiger partial charge in [-0.1, -0.05) is 17.4 Å². The van der Waals surface area contributed by atoms with Crippen molar-refractivity contribution in [2.75, 3.05) is 5.32 Å². The van der Waals surface area contributed by atoms with E-state index >= 15 is 0 Å². The first-order chi connectivity index (χ1) is 12.0. The second-order valence-electron chi connectivity index (χ2n) is 5.15. The highest BCUT2D eigenvalue weighted by Crippen LogP contribution is 2.32. The number of nitrogens with zero attached hydrogens (tertiary/aromatic N) is 2. The Morgan fingerprint density at radius 2 is 2.00 bits per heavy atom. The Labute approximate surface area is 157 Å². The third kappa shape index (κ3) is 3.01. The first kappa shape index (κ1) is 16.1. The molecule has 4 aromatic rings. The molecule has 25 heavy (non-hydrogen) atoms. The number of fused-ring (bicyclic) bond motifs is 2. The van der Waals surface area contributed by atoms with E-state index in [0.717, 1.165) is 19.4 Å². The lowest BCUT2D eigenvalue weighted by molar-refractivity contribution is -0.384. The molecule has 9 heteroatoms. The molecule has 2 aromatic carbocycles. The van der Waals surface area contributed by atoms with Gasteiger partial charge in [0.2, 0.25) is 0 Å². The SMILES string of the molecule is O=C(Nc1nc2c(Br)cccc2s1)c1cc2cc([N+](=O)[O-])ccc2s1. The highest BCUT2D eigenvalue weighted by Gasteiger charge is 2.15. The summed E-state index contributed by atoms with van der Waals surface area (Å²) in [4.78, 5) is 27.8. The van der Waals surface area contributed by atoms with Crippen LogP contribution >= 0.6 is 38.6 Å². The molecule has 0 radical (unpaired) electrons. The summed E-state index contributed by atoms with van der Waals surface area (Å²) < 4.78 is 2.66. The second-order valence-corrected chi connectivity index (χ2v) is 8.12. The van der Waals surface area contributed by atoms with Crippen LogP contribution in [0.25, 0.3) is 20.3 Å².